The number of benzene rings is 2. The molecular weight excluding hydrogens is 368 g/mol. The molecule has 2 aromatic rings. The Balaban J connectivity index is 1.41. The van der Waals surface area contributed by atoms with Crippen molar-refractivity contribution >= 4 is 29.5 Å². The third kappa shape index (κ3) is 3.28. The molecular formula is C17H12ClF2N3O3. The fraction of sp³-hybridized carbons (Fsp3) is 0.176. The Kier molecular flexibility index (Phi) is 3.91. The van der Waals surface area contributed by atoms with Crippen LogP contribution in [-0.4, -0.2) is 30.1 Å². The first-order valence-electron chi connectivity index (χ1n) is 7.68. The van der Waals surface area contributed by atoms with Gasteiger partial charge in [0.15, 0.2) is 11.5 Å². The quantitative estimate of drug-likeness (QED) is 0.847. The van der Waals surface area contributed by atoms with Gasteiger partial charge in [-0.1, -0.05) is 23.7 Å². The second kappa shape index (κ2) is 6.14. The van der Waals surface area contributed by atoms with Crippen molar-refractivity contribution in [2.75, 3.05) is 11.9 Å². The van der Waals surface area contributed by atoms with Crippen molar-refractivity contribution in [1.82, 2.24) is 5.01 Å². The Morgan fingerprint density at radius 3 is 2.69 bits per heavy atom. The van der Waals surface area contributed by atoms with Crippen LogP contribution >= 0.6 is 11.6 Å². The number of nitrogens with zero attached hydrogens (tertiary/aromatic N) is 2. The third-order valence-electron chi connectivity index (χ3n) is 3.94. The molecule has 0 saturated heterocycles. The Morgan fingerprint density at radius 2 is 1.92 bits per heavy atom. The van der Waals surface area contributed by atoms with E-state index in [0.29, 0.717) is 17.3 Å². The van der Waals surface area contributed by atoms with Crippen molar-refractivity contribution in [3.8, 4) is 11.5 Å². The SMILES string of the molecule is O=C(Nc1ccc2c(c1)OC(F)(F)O2)N1CC(c2ccc(Cl)cc2)C=N1. The molecule has 1 unspecified atom stereocenters. The van der Waals surface area contributed by atoms with Crippen LogP contribution in [0.5, 0.6) is 11.5 Å². The highest BCUT2D eigenvalue weighted by molar-refractivity contribution is 6.30. The van der Waals surface area contributed by atoms with Gasteiger partial charge < -0.3 is 14.8 Å². The van der Waals surface area contributed by atoms with Gasteiger partial charge in [0.05, 0.1) is 6.54 Å². The average Bonchev–Trinajstić information content (AvgIpc) is 3.18. The molecule has 0 bridgehead atoms. The number of hydrogen-bond donors (Lipinski definition) is 1. The highest BCUT2D eigenvalue weighted by Crippen LogP contribution is 2.42. The summed E-state index contributed by atoms with van der Waals surface area (Å²) in [7, 11) is 0. The van der Waals surface area contributed by atoms with Crippen molar-refractivity contribution in [2.45, 2.75) is 12.2 Å². The van der Waals surface area contributed by atoms with Crippen LogP contribution < -0.4 is 14.8 Å². The number of hydrazone groups is 1. The van der Waals surface area contributed by atoms with Gasteiger partial charge in [-0.15, -0.1) is 8.78 Å². The van der Waals surface area contributed by atoms with E-state index in [-0.39, 0.29) is 17.4 Å². The summed E-state index contributed by atoms with van der Waals surface area (Å²) < 4.78 is 34.8. The summed E-state index contributed by atoms with van der Waals surface area (Å²) in [5, 5.41) is 8.58. The average molecular weight is 380 g/mol. The largest absolute Gasteiger partial charge is 0.586 e. The van der Waals surface area contributed by atoms with Crippen LogP contribution in [0.25, 0.3) is 0 Å². The van der Waals surface area contributed by atoms with Gasteiger partial charge in [-0.3, -0.25) is 0 Å². The van der Waals surface area contributed by atoms with Crippen LogP contribution in [0.1, 0.15) is 11.5 Å². The minimum Gasteiger partial charge on any atom is -0.395 e. The summed E-state index contributed by atoms with van der Waals surface area (Å²) in [5.41, 5.74) is 1.28. The minimum absolute atomic E-state index is 0.0477. The van der Waals surface area contributed by atoms with Gasteiger partial charge in [0.25, 0.3) is 0 Å². The van der Waals surface area contributed by atoms with Crippen molar-refractivity contribution < 1.29 is 23.0 Å². The first kappa shape index (κ1) is 16.6. The summed E-state index contributed by atoms with van der Waals surface area (Å²) in [6.45, 7) is 0.357. The second-order valence-corrected chi connectivity index (χ2v) is 6.20. The van der Waals surface area contributed by atoms with Crippen molar-refractivity contribution in [1.29, 1.82) is 0 Å². The number of urea groups is 1. The van der Waals surface area contributed by atoms with Crippen LogP contribution in [0, 0.1) is 0 Å². The van der Waals surface area contributed by atoms with Crippen molar-refractivity contribution in [3.63, 3.8) is 0 Å². The molecule has 0 radical (unpaired) electrons. The summed E-state index contributed by atoms with van der Waals surface area (Å²) >= 11 is 5.87. The lowest BCUT2D eigenvalue weighted by molar-refractivity contribution is -0.286. The normalized spacial score (nSPS) is 19.7. The Hall–Kier alpha value is -2.87. The summed E-state index contributed by atoms with van der Waals surface area (Å²) in [5.74, 6) is -0.278. The third-order valence-corrected chi connectivity index (χ3v) is 4.19. The van der Waals surface area contributed by atoms with E-state index in [4.69, 9.17) is 11.6 Å². The van der Waals surface area contributed by atoms with Gasteiger partial charge >= 0.3 is 12.3 Å². The van der Waals surface area contributed by atoms with Crippen LogP contribution in [0.3, 0.4) is 0 Å². The maximum atomic E-state index is 13.0. The van der Waals surface area contributed by atoms with Crippen molar-refractivity contribution in [2.24, 2.45) is 5.10 Å². The first-order valence-corrected chi connectivity index (χ1v) is 8.05. The number of carbonyl (C=O) groups excluding carboxylic acids is 1. The number of alkyl halides is 2. The lowest BCUT2D eigenvalue weighted by Gasteiger charge is -2.15. The molecule has 4 rings (SSSR count). The van der Waals surface area contributed by atoms with E-state index in [0.717, 1.165) is 5.56 Å². The molecule has 2 amide bonds. The number of rotatable bonds is 2. The molecule has 0 aromatic heterocycles. The molecule has 0 spiro atoms. The molecule has 1 N–H and O–H groups in total. The zero-order valence-electron chi connectivity index (χ0n) is 13.2. The molecule has 0 saturated carbocycles. The molecule has 134 valence electrons. The van der Waals surface area contributed by atoms with E-state index in [2.05, 4.69) is 19.9 Å². The fourth-order valence-corrected chi connectivity index (χ4v) is 2.82. The van der Waals surface area contributed by atoms with Crippen LogP contribution in [0.15, 0.2) is 47.6 Å². The molecule has 0 fully saturated rings. The maximum absolute atomic E-state index is 13.0. The molecule has 0 aliphatic carbocycles. The standard InChI is InChI=1S/C17H12ClF2N3O3/c18-12-3-1-10(2-4-12)11-8-21-23(9-11)16(24)22-13-5-6-14-15(7-13)26-17(19,20)25-14/h1-8,11H,9H2,(H,22,24). The van der Waals surface area contributed by atoms with Crippen LogP contribution in [0.2, 0.25) is 5.02 Å². The summed E-state index contributed by atoms with van der Waals surface area (Å²) in [6, 6.07) is 10.8. The number of carbonyl (C=O) groups is 1. The molecule has 2 heterocycles. The number of ether oxygens (including phenoxy) is 2. The van der Waals surface area contributed by atoms with E-state index in [1.807, 2.05) is 12.1 Å². The van der Waals surface area contributed by atoms with E-state index in [1.165, 1.54) is 23.2 Å². The summed E-state index contributed by atoms with van der Waals surface area (Å²) in [6.07, 6.45) is -2.03. The highest BCUT2D eigenvalue weighted by Gasteiger charge is 2.43. The number of hydrogen-bond acceptors (Lipinski definition) is 4. The van der Waals surface area contributed by atoms with E-state index < -0.39 is 12.3 Å². The van der Waals surface area contributed by atoms with E-state index >= 15 is 0 Å². The topological polar surface area (TPSA) is 63.2 Å². The van der Waals surface area contributed by atoms with Gasteiger partial charge in [-0.2, -0.15) is 5.10 Å². The molecule has 9 heteroatoms. The van der Waals surface area contributed by atoms with Crippen LogP contribution in [0.4, 0.5) is 19.3 Å². The van der Waals surface area contributed by atoms with Gasteiger partial charge in [-0.05, 0) is 29.8 Å². The number of nitrogens with one attached hydrogen (secondary N) is 1. The number of amides is 2. The predicted octanol–water partition coefficient (Wildman–Crippen LogP) is 4.28. The van der Waals surface area contributed by atoms with Gasteiger partial charge in [0.1, 0.15) is 0 Å². The molecule has 2 aliphatic rings. The van der Waals surface area contributed by atoms with Gasteiger partial charge in [-0.25, -0.2) is 9.80 Å². The van der Waals surface area contributed by atoms with Gasteiger partial charge in [0.2, 0.25) is 0 Å². The summed E-state index contributed by atoms with van der Waals surface area (Å²) in [4.78, 5) is 12.3. The van der Waals surface area contributed by atoms with Crippen LogP contribution in [-0.2, 0) is 0 Å². The molecule has 2 aliphatic heterocycles. The Labute approximate surface area is 151 Å². The van der Waals surface area contributed by atoms with E-state index in [1.54, 1.807) is 18.3 Å². The molecule has 1 atom stereocenters. The monoisotopic (exact) mass is 379 g/mol. The maximum Gasteiger partial charge on any atom is 0.586 e. The highest BCUT2D eigenvalue weighted by atomic mass is 35.5. The number of anilines is 1. The minimum atomic E-state index is -3.70. The molecule has 6 nitrogen and oxygen atoms in total. The molecule has 26 heavy (non-hydrogen) atoms. The zero-order chi connectivity index (χ0) is 18.3. The van der Waals surface area contributed by atoms with Crippen molar-refractivity contribution in [3.05, 3.63) is 53.1 Å². The van der Waals surface area contributed by atoms with E-state index in [9.17, 15) is 13.6 Å². The number of halogens is 3. The lowest BCUT2D eigenvalue weighted by atomic mass is 10.0. The zero-order valence-corrected chi connectivity index (χ0v) is 13.9. The predicted molar refractivity (Wildman–Crippen MR) is 91.1 cm³/mol. The van der Waals surface area contributed by atoms with Gasteiger partial charge in [0, 0.05) is 28.9 Å². The number of fused-ring (bicyclic) bond motifs is 1. The second-order valence-electron chi connectivity index (χ2n) is 5.76. The Morgan fingerprint density at radius 1 is 1.19 bits per heavy atom. The molecule has 2 aromatic carbocycles. The lowest BCUT2D eigenvalue weighted by Crippen LogP contribution is -2.30. The Bertz CT molecular complexity index is 889. The first-order chi connectivity index (χ1) is 12.4. The smallest absolute Gasteiger partial charge is 0.395 e. The fourth-order valence-electron chi connectivity index (χ4n) is 2.69.